The fourth-order valence-electron chi connectivity index (χ4n) is 2.13. The second-order valence-corrected chi connectivity index (χ2v) is 7.51. The standard InChI is InChI=1S/C18H17ClN4O2S/c1-10-4-5-13(8-11(10)2)17-22-23-18(25-17)26-12(3)16(24)21-15-7-6-14(19)9-20-15/h4-9,12H,1-3H3,(H,20,21,24)/t12-/m0/s1. The van der Waals surface area contributed by atoms with Gasteiger partial charge in [0.2, 0.25) is 11.8 Å². The molecule has 8 heteroatoms. The number of carbonyl (C=O) groups excluding carboxylic acids is 1. The number of halogens is 1. The summed E-state index contributed by atoms with van der Waals surface area (Å²) in [5, 5.41) is 11.2. The molecule has 134 valence electrons. The quantitative estimate of drug-likeness (QED) is 0.647. The van der Waals surface area contributed by atoms with Crippen LogP contribution in [0.4, 0.5) is 5.82 Å². The average Bonchev–Trinajstić information content (AvgIpc) is 3.07. The Morgan fingerprint density at radius 1 is 1.19 bits per heavy atom. The number of pyridine rings is 1. The molecule has 0 saturated heterocycles. The first-order valence-corrected chi connectivity index (χ1v) is 9.18. The highest BCUT2D eigenvalue weighted by Gasteiger charge is 2.19. The van der Waals surface area contributed by atoms with E-state index in [9.17, 15) is 4.79 Å². The van der Waals surface area contributed by atoms with Gasteiger partial charge in [0.15, 0.2) is 0 Å². The van der Waals surface area contributed by atoms with Crippen LogP contribution in [0.2, 0.25) is 5.02 Å². The number of carbonyl (C=O) groups is 1. The number of benzene rings is 1. The zero-order chi connectivity index (χ0) is 18.7. The van der Waals surface area contributed by atoms with Gasteiger partial charge < -0.3 is 9.73 Å². The minimum atomic E-state index is -0.430. The number of amides is 1. The van der Waals surface area contributed by atoms with Crippen molar-refractivity contribution in [3.05, 3.63) is 52.7 Å². The molecular formula is C18H17ClN4O2S. The highest BCUT2D eigenvalue weighted by molar-refractivity contribution is 8.00. The lowest BCUT2D eigenvalue weighted by Crippen LogP contribution is -2.22. The van der Waals surface area contributed by atoms with Crippen LogP contribution in [0.1, 0.15) is 18.1 Å². The van der Waals surface area contributed by atoms with Gasteiger partial charge in [-0.05, 0) is 56.2 Å². The molecule has 0 aliphatic heterocycles. The summed E-state index contributed by atoms with van der Waals surface area (Å²) in [4.78, 5) is 16.3. The van der Waals surface area contributed by atoms with E-state index in [0.717, 1.165) is 11.1 Å². The molecule has 0 bridgehead atoms. The topological polar surface area (TPSA) is 80.9 Å². The lowest BCUT2D eigenvalue weighted by molar-refractivity contribution is -0.115. The first kappa shape index (κ1) is 18.4. The number of nitrogens with zero attached hydrogens (tertiary/aromatic N) is 3. The van der Waals surface area contributed by atoms with Crippen LogP contribution in [0.5, 0.6) is 0 Å². The Bertz CT molecular complexity index is 927. The number of anilines is 1. The molecule has 1 aromatic carbocycles. The SMILES string of the molecule is Cc1ccc(-c2nnc(S[C@@H](C)C(=O)Nc3ccc(Cl)cn3)o2)cc1C. The maximum atomic E-state index is 12.3. The predicted molar refractivity (Wildman–Crippen MR) is 102 cm³/mol. The Hall–Kier alpha value is -2.38. The number of thioether (sulfide) groups is 1. The second kappa shape index (κ2) is 7.88. The second-order valence-electron chi connectivity index (χ2n) is 5.78. The number of rotatable bonds is 5. The van der Waals surface area contributed by atoms with Gasteiger partial charge in [-0.15, -0.1) is 10.2 Å². The minimum absolute atomic E-state index is 0.212. The molecule has 2 aromatic heterocycles. The van der Waals surface area contributed by atoms with E-state index in [1.165, 1.54) is 23.5 Å². The summed E-state index contributed by atoms with van der Waals surface area (Å²) in [6, 6.07) is 9.25. The molecule has 26 heavy (non-hydrogen) atoms. The van der Waals surface area contributed by atoms with E-state index in [4.69, 9.17) is 16.0 Å². The normalized spacial score (nSPS) is 12.0. The largest absolute Gasteiger partial charge is 0.411 e. The fraction of sp³-hybridized carbons (Fsp3) is 0.222. The van der Waals surface area contributed by atoms with Crippen LogP contribution in [0.3, 0.4) is 0 Å². The summed E-state index contributed by atoms with van der Waals surface area (Å²) in [5.74, 6) is 0.659. The van der Waals surface area contributed by atoms with Crippen LogP contribution < -0.4 is 5.32 Å². The highest BCUT2D eigenvalue weighted by atomic mass is 35.5. The van der Waals surface area contributed by atoms with Gasteiger partial charge in [-0.2, -0.15) is 0 Å². The van der Waals surface area contributed by atoms with E-state index in [2.05, 4.69) is 20.5 Å². The van der Waals surface area contributed by atoms with Crippen LogP contribution in [-0.2, 0) is 4.79 Å². The molecule has 0 radical (unpaired) electrons. The Morgan fingerprint density at radius 3 is 2.69 bits per heavy atom. The Kier molecular flexibility index (Phi) is 5.58. The first-order chi connectivity index (χ1) is 12.4. The molecule has 0 spiro atoms. The smallest absolute Gasteiger partial charge is 0.277 e. The van der Waals surface area contributed by atoms with Crippen LogP contribution in [-0.4, -0.2) is 26.3 Å². The van der Waals surface area contributed by atoms with Crippen molar-refractivity contribution in [1.82, 2.24) is 15.2 Å². The molecule has 1 N–H and O–H groups in total. The van der Waals surface area contributed by atoms with Crippen LogP contribution >= 0.6 is 23.4 Å². The number of aryl methyl sites for hydroxylation is 2. The average molecular weight is 389 g/mol. The molecule has 6 nitrogen and oxygen atoms in total. The van der Waals surface area contributed by atoms with Gasteiger partial charge in [0, 0.05) is 11.8 Å². The van der Waals surface area contributed by atoms with E-state index in [1.807, 2.05) is 32.0 Å². The fourth-order valence-corrected chi connectivity index (χ4v) is 2.93. The Labute approximate surface area is 160 Å². The summed E-state index contributed by atoms with van der Waals surface area (Å²) in [7, 11) is 0. The number of aromatic nitrogens is 3. The van der Waals surface area contributed by atoms with Crippen molar-refractivity contribution in [1.29, 1.82) is 0 Å². The van der Waals surface area contributed by atoms with E-state index in [0.29, 0.717) is 22.0 Å². The zero-order valence-corrected chi connectivity index (χ0v) is 16.1. The van der Waals surface area contributed by atoms with Crippen molar-refractivity contribution in [2.24, 2.45) is 0 Å². The molecule has 3 rings (SSSR count). The van der Waals surface area contributed by atoms with Gasteiger partial charge in [-0.1, -0.05) is 29.4 Å². The Morgan fingerprint density at radius 2 is 2.00 bits per heavy atom. The van der Waals surface area contributed by atoms with Gasteiger partial charge in [0.05, 0.1) is 10.3 Å². The van der Waals surface area contributed by atoms with E-state index >= 15 is 0 Å². The molecule has 1 amide bonds. The van der Waals surface area contributed by atoms with Crippen molar-refractivity contribution in [2.75, 3.05) is 5.32 Å². The third-order valence-electron chi connectivity index (χ3n) is 3.79. The van der Waals surface area contributed by atoms with Gasteiger partial charge >= 0.3 is 0 Å². The maximum Gasteiger partial charge on any atom is 0.277 e. The van der Waals surface area contributed by atoms with Crippen molar-refractivity contribution in [3.63, 3.8) is 0 Å². The summed E-state index contributed by atoms with van der Waals surface area (Å²) in [6.07, 6.45) is 1.48. The minimum Gasteiger partial charge on any atom is -0.411 e. The lowest BCUT2D eigenvalue weighted by Gasteiger charge is -2.09. The summed E-state index contributed by atoms with van der Waals surface area (Å²) in [5.41, 5.74) is 3.21. The van der Waals surface area contributed by atoms with Crippen molar-refractivity contribution in [2.45, 2.75) is 31.2 Å². The third kappa shape index (κ3) is 4.42. The van der Waals surface area contributed by atoms with Gasteiger partial charge in [0.25, 0.3) is 5.22 Å². The van der Waals surface area contributed by atoms with E-state index in [-0.39, 0.29) is 5.91 Å². The zero-order valence-electron chi connectivity index (χ0n) is 14.5. The summed E-state index contributed by atoms with van der Waals surface area (Å²) >= 11 is 6.97. The maximum absolute atomic E-state index is 12.3. The molecule has 0 aliphatic rings. The van der Waals surface area contributed by atoms with Crippen LogP contribution in [0.25, 0.3) is 11.5 Å². The van der Waals surface area contributed by atoms with Crippen LogP contribution in [0, 0.1) is 13.8 Å². The van der Waals surface area contributed by atoms with Crippen LogP contribution in [0.15, 0.2) is 46.2 Å². The Balaban J connectivity index is 1.65. The van der Waals surface area contributed by atoms with Gasteiger partial charge in [-0.25, -0.2) is 4.98 Å². The molecule has 0 saturated carbocycles. The van der Waals surface area contributed by atoms with Crippen molar-refractivity contribution in [3.8, 4) is 11.5 Å². The van der Waals surface area contributed by atoms with Crippen molar-refractivity contribution >= 4 is 35.1 Å². The monoisotopic (exact) mass is 388 g/mol. The molecule has 0 fully saturated rings. The molecule has 3 aromatic rings. The first-order valence-electron chi connectivity index (χ1n) is 7.92. The number of hydrogen-bond donors (Lipinski definition) is 1. The summed E-state index contributed by atoms with van der Waals surface area (Å²) in [6.45, 7) is 5.84. The summed E-state index contributed by atoms with van der Waals surface area (Å²) < 4.78 is 5.68. The lowest BCUT2D eigenvalue weighted by atomic mass is 10.1. The highest BCUT2D eigenvalue weighted by Crippen LogP contribution is 2.27. The molecular weight excluding hydrogens is 372 g/mol. The number of nitrogens with one attached hydrogen (secondary N) is 1. The van der Waals surface area contributed by atoms with E-state index < -0.39 is 5.25 Å². The van der Waals surface area contributed by atoms with Gasteiger partial charge in [-0.3, -0.25) is 4.79 Å². The van der Waals surface area contributed by atoms with E-state index in [1.54, 1.807) is 19.1 Å². The molecule has 0 unspecified atom stereocenters. The number of hydrogen-bond acceptors (Lipinski definition) is 6. The van der Waals surface area contributed by atoms with Crippen molar-refractivity contribution < 1.29 is 9.21 Å². The predicted octanol–water partition coefficient (Wildman–Crippen LogP) is 4.52. The molecule has 1 atom stereocenters. The van der Waals surface area contributed by atoms with Gasteiger partial charge in [0.1, 0.15) is 5.82 Å². The third-order valence-corrected chi connectivity index (χ3v) is 4.94. The molecule has 2 heterocycles. The molecule has 0 aliphatic carbocycles.